The number of nitro groups is 1. The Morgan fingerprint density at radius 3 is 2.51 bits per heavy atom. The lowest BCUT2D eigenvalue weighted by atomic mass is 9.80. The van der Waals surface area contributed by atoms with Crippen molar-refractivity contribution in [2.45, 2.75) is 25.0 Å². The molecule has 7 nitrogen and oxygen atoms in total. The molecule has 1 N–H and O–H groups in total. The van der Waals surface area contributed by atoms with Gasteiger partial charge in [0.05, 0.1) is 11.5 Å². The molecule has 1 unspecified atom stereocenters. The van der Waals surface area contributed by atoms with Gasteiger partial charge in [0.1, 0.15) is 18.0 Å². The highest BCUT2D eigenvalue weighted by Gasteiger charge is 2.34. The third-order valence-electron chi connectivity index (χ3n) is 5.63. The fourth-order valence-corrected chi connectivity index (χ4v) is 4.06. The van der Waals surface area contributed by atoms with Crippen molar-refractivity contribution < 1.29 is 19.2 Å². The van der Waals surface area contributed by atoms with E-state index in [0.717, 1.165) is 0 Å². The van der Waals surface area contributed by atoms with E-state index < -0.39 is 16.3 Å². The normalized spacial score (nSPS) is 12.7. The molecule has 182 valence electrons. The van der Waals surface area contributed by atoms with Gasteiger partial charge in [0.15, 0.2) is 11.4 Å². The van der Waals surface area contributed by atoms with Gasteiger partial charge in [-0.05, 0) is 80.5 Å². The molecule has 0 bridgehead atoms. The second-order valence-electron chi connectivity index (χ2n) is 8.39. The molecule has 3 rings (SSSR count). The summed E-state index contributed by atoms with van der Waals surface area (Å²) in [7, 11) is 3.86. The van der Waals surface area contributed by atoms with E-state index in [4.69, 9.17) is 22.9 Å². The third kappa shape index (κ3) is 6.34. The molecular formula is C26H25ClFN3O4. The lowest BCUT2D eigenvalue weighted by Crippen LogP contribution is -2.30. The predicted octanol–water partition coefficient (Wildman–Crippen LogP) is 6.09. The van der Waals surface area contributed by atoms with E-state index in [9.17, 15) is 19.6 Å². The maximum Gasteiger partial charge on any atom is 0.312 e. The van der Waals surface area contributed by atoms with Gasteiger partial charge in [0, 0.05) is 11.1 Å². The number of ether oxygens (including phenoxy) is 1. The lowest BCUT2D eigenvalue weighted by Gasteiger charge is -2.32. The number of aliphatic hydroxyl groups is 1. The second-order valence-corrected chi connectivity index (χ2v) is 8.82. The maximum atomic E-state index is 13.6. The number of nitro benzene ring substituents is 1. The van der Waals surface area contributed by atoms with Gasteiger partial charge in [-0.15, -0.1) is 0 Å². The molecule has 9 heteroatoms. The van der Waals surface area contributed by atoms with E-state index in [-0.39, 0.29) is 23.1 Å². The fourth-order valence-electron chi connectivity index (χ4n) is 3.89. The van der Waals surface area contributed by atoms with Crippen molar-refractivity contribution in [3.8, 4) is 5.75 Å². The van der Waals surface area contributed by atoms with Crippen LogP contribution in [0, 0.1) is 22.5 Å². The highest BCUT2D eigenvalue weighted by Crippen LogP contribution is 2.39. The van der Waals surface area contributed by atoms with Crippen molar-refractivity contribution in [1.82, 2.24) is 4.90 Å². The van der Waals surface area contributed by atoms with E-state index in [1.807, 2.05) is 19.0 Å². The summed E-state index contributed by atoms with van der Waals surface area (Å²) in [4.78, 5) is 16.3. The molecule has 0 aliphatic heterocycles. The topological polar surface area (TPSA) is 80.2 Å². The van der Waals surface area contributed by atoms with Crippen molar-refractivity contribution >= 4 is 23.0 Å². The highest BCUT2D eigenvalue weighted by atomic mass is 35.5. The van der Waals surface area contributed by atoms with Crippen LogP contribution in [-0.2, 0) is 12.2 Å². The molecular weight excluding hydrogens is 473 g/mol. The first-order valence-corrected chi connectivity index (χ1v) is 11.2. The van der Waals surface area contributed by atoms with Crippen LogP contribution in [0.15, 0.2) is 60.7 Å². The van der Waals surface area contributed by atoms with Crippen LogP contribution in [0.1, 0.15) is 29.5 Å². The SMILES string of the molecule is [C-]#[N+]c1ccc(C(O)(CCCN(C)C)c2ccc(F)cc2)c(COc2ccc(Cl)cc2[N+](=O)[O-])c1. The number of nitrogens with zero attached hydrogens (tertiary/aromatic N) is 3. The minimum atomic E-state index is -1.51. The molecule has 3 aromatic rings. The Hall–Kier alpha value is -3.51. The molecule has 3 aromatic carbocycles. The lowest BCUT2D eigenvalue weighted by molar-refractivity contribution is -0.385. The van der Waals surface area contributed by atoms with Crippen molar-refractivity contribution in [2.24, 2.45) is 0 Å². The molecule has 35 heavy (non-hydrogen) atoms. The van der Waals surface area contributed by atoms with E-state index in [2.05, 4.69) is 4.85 Å². The van der Waals surface area contributed by atoms with Crippen LogP contribution in [0.4, 0.5) is 15.8 Å². The molecule has 1 atom stereocenters. The van der Waals surface area contributed by atoms with Crippen LogP contribution in [0.3, 0.4) is 0 Å². The van der Waals surface area contributed by atoms with Crippen LogP contribution in [0.25, 0.3) is 4.85 Å². The van der Waals surface area contributed by atoms with Crippen molar-refractivity contribution in [2.75, 3.05) is 20.6 Å². The molecule has 0 aromatic heterocycles. The summed E-state index contributed by atoms with van der Waals surface area (Å²) in [5.74, 6) is -0.414. The zero-order valence-corrected chi connectivity index (χ0v) is 20.1. The van der Waals surface area contributed by atoms with Crippen molar-refractivity contribution in [3.63, 3.8) is 0 Å². The first kappa shape index (κ1) is 26.1. The minimum Gasteiger partial charge on any atom is -0.482 e. The molecule has 0 aliphatic carbocycles. The summed E-state index contributed by atoms with van der Waals surface area (Å²) >= 11 is 5.90. The summed E-state index contributed by atoms with van der Waals surface area (Å²) in [5, 5.41) is 23.6. The zero-order chi connectivity index (χ0) is 25.6. The Kier molecular flexibility index (Phi) is 8.41. The average molecular weight is 498 g/mol. The van der Waals surface area contributed by atoms with Crippen LogP contribution in [0.2, 0.25) is 5.02 Å². The molecule has 0 radical (unpaired) electrons. The average Bonchev–Trinajstić information content (AvgIpc) is 2.83. The van der Waals surface area contributed by atoms with Crippen LogP contribution >= 0.6 is 11.6 Å². The Morgan fingerprint density at radius 2 is 1.89 bits per heavy atom. The summed E-state index contributed by atoms with van der Waals surface area (Å²) in [5.41, 5.74) is -0.0133. The summed E-state index contributed by atoms with van der Waals surface area (Å²) in [6.45, 7) is 7.97. The molecule has 0 saturated heterocycles. The molecule has 0 spiro atoms. The Morgan fingerprint density at radius 1 is 1.17 bits per heavy atom. The van der Waals surface area contributed by atoms with Gasteiger partial charge >= 0.3 is 5.69 Å². The van der Waals surface area contributed by atoms with Gasteiger partial charge in [-0.25, -0.2) is 9.24 Å². The van der Waals surface area contributed by atoms with E-state index in [1.54, 1.807) is 18.2 Å². The Labute approximate surface area is 208 Å². The fraction of sp³-hybridized carbons (Fsp3) is 0.269. The largest absolute Gasteiger partial charge is 0.482 e. The molecule has 0 heterocycles. The molecule has 0 amide bonds. The molecule has 0 fully saturated rings. The van der Waals surface area contributed by atoms with Gasteiger partial charge in [-0.3, -0.25) is 10.1 Å². The van der Waals surface area contributed by atoms with E-state index >= 15 is 0 Å². The summed E-state index contributed by atoms with van der Waals surface area (Å²) in [6.07, 6.45) is 0.955. The minimum absolute atomic E-state index is 0.0106. The van der Waals surface area contributed by atoms with Crippen molar-refractivity contribution in [3.05, 3.63) is 110 Å². The smallest absolute Gasteiger partial charge is 0.312 e. The number of benzene rings is 3. The standard InChI is InChI=1S/C26H25ClFN3O4/c1-29-22-10-11-23(18(15-22)17-35-25-12-7-20(27)16-24(25)31(33)34)26(32,13-4-14-30(2)3)19-5-8-21(28)9-6-19/h5-12,15-16,32H,4,13-14,17H2,2-3H3. The summed E-state index contributed by atoms with van der Waals surface area (Å²) < 4.78 is 19.4. The monoisotopic (exact) mass is 497 g/mol. The van der Waals surface area contributed by atoms with Crippen molar-refractivity contribution in [1.29, 1.82) is 0 Å². The summed E-state index contributed by atoms with van der Waals surface area (Å²) in [6, 6.07) is 14.6. The third-order valence-corrected chi connectivity index (χ3v) is 5.87. The number of hydrogen-bond donors (Lipinski definition) is 1. The Bertz CT molecular complexity index is 1240. The van der Waals surface area contributed by atoms with Gasteiger partial charge < -0.3 is 14.7 Å². The van der Waals surface area contributed by atoms with E-state index in [1.165, 1.54) is 42.5 Å². The van der Waals surface area contributed by atoms with Crippen LogP contribution in [0.5, 0.6) is 5.75 Å². The predicted molar refractivity (Wildman–Crippen MR) is 132 cm³/mol. The quantitative estimate of drug-likeness (QED) is 0.208. The van der Waals surface area contributed by atoms with Gasteiger partial charge in [-0.2, -0.15) is 0 Å². The number of rotatable bonds is 10. The first-order valence-electron chi connectivity index (χ1n) is 10.8. The highest BCUT2D eigenvalue weighted by molar-refractivity contribution is 6.30. The Balaban J connectivity index is 2.05. The van der Waals surface area contributed by atoms with Gasteiger partial charge in [0.2, 0.25) is 0 Å². The van der Waals surface area contributed by atoms with Crippen LogP contribution < -0.4 is 4.74 Å². The number of halogens is 2. The second kappa shape index (κ2) is 11.3. The maximum absolute atomic E-state index is 13.6. The van der Waals surface area contributed by atoms with E-state index in [0.29, 0.717) is 41.8 Å². The number of hydrogen-bond acceptors (Lipinski definition) is 5. The zero-order valence-electron chi connectivity index (χ0n) is 19.4. The molecule has 0 saturated carbocycles. The molecule has 0 aliphatic rings. The first-order chi connectivity index (χ1) is 16.6. The van der Waals surface area contributed by atoms with Crippen LogP contribution in [-0.4, -0.2) is 35.6 Å². The van der Waals surface area contributed by atoms with Gasteiger partial charge in [0.25, 0.3) is 0 Å². The van der Waals surface area contributed by atoms with Gasteiger partial charge in [-0.1, -0.05) is 35.9 Å².